The van der Waals surface area contributed by atoms with Gasteiger partial charge in [0.05, 0.1) is 19.8 Å². The first-order valence-electron chi connectivity index (χ1n) is 6.40. The van der Waals surface area contributed by atoms with Gasteiger partial charge in [0.2, 0.25) is 0 Å². The maximum absolute atomic E-state index is 11.4. The fourth-order valence-electron chi connectivity index (χ4n) is 2.10. The topological polar surface area (TPSA) is 86.5 Å². The van der Waals surface area contributed by atoms with Crippen LogP contribution in [0.2, 0.25) is 0 Å². The molecule has 0 aliphatic heterocycles. The van der Waals surface area contributed by atoms with E-state index in [1.54, 1.807) is 43.2 Å². The Kier molecular flexibility index (Phi) is 4.54. The fraction of sp³-hybridized carbons (Fsp3) is 0.357. The lowest BCUT2D eigenvalue weighted by molar-refractivity contribution is 0.0691. The number of ether oxygens (including phenoxy) is 2. The van der Waals surface area contributed by atoms with Gasteiger partial charge in [0, 0.05) is 12.7 Å². The molecule has 0 radical (unpaired) electrons. The van der Waals surface area contributed by atoms with Crippen LogP contribution in [0.3, 0.4) is 0 Å². The highest BCUT2D eigenvalue weighted by Crippen LogP contribution is 2.28. The summed E-state index contributed by atoms with van der Waals surface area (Å²) in [4.78, 5) is 11.4. The van der Waals surface area contributed by atoms with E-state index in [0.717, 1.165) is 0 Å². The zero-order valence-corrected chi connectivity index (χ0v) is 12.1. The van der Waals surface area contributed by atoms with Gasteiger partial charge in [-0.2, -0.15) is 0 Å². The van der Waals surface area contributed by atoms with Gasteiger partial charge in [0.15, 0.2) is 5.69 Å². The minimum atomic E-state index is -1.12. The second-order valence-corrected chi connectivity index (χ2v) is 4.57. The van der Waals surface area contributed by atoms with E-state index in [-0.39, 0.29) is 11.7 Å². The lowest BCUT2D eigenvalue weighted by Gasteiger charge is -2.14. The molecule has 0 saturated heterocycles. The van der Waals surface area contributed by atoms with Crippen LogP contribution in [0.5, 0.6) is 5.75 Å². The molecule has 1 unspecified atom stereocenters. The van der Waals surface area contributed by atoms with Crippen LogP contribution in [-0.2, 0) is 4.74 Å². The smallest absolute Gasteiger partial charge is 0.358 e. The molecule has 0 spiro atoms. The van der Waals surface area contributed by atoms with Crippen LogP contribution >= 0.6 is 0 Å². The largest absolute Gasteiger partial charge is 0.497 e. The summed E-state index contributed by atoms with van der Waals surface area (Å²) in [5, 5.41) is 17.0. The summed E-state index contributed by atoms with van der Waals surface area (Å²) < 4.78 is 11.8. The third-order valence-corrected chi connectivity index (χ3v) is 3.07. The second kappa shape index (κ2) is 6.36. The van der Waals surface area contributed by atoms with E-state index in [9.17, 15) is 9.90 Å². The van der Waals surface area contributed by atoms with Gasteiger partial charge >= 0.3 is 5.97 Å². The van der Waals surface area contributed by atoms with Gasteiger partial charge in [-0.15, -0.1) is 5.10 Å². The van der Waals surface area contributed by atoms with Crippen LogP contribution in [-0.4, -0.2) is 46.9 Å². The summed E-state index contributed by atoms with van der Waals surface area (Å²) >= 11 is 0. The molecule has 7 heteroatoms. The number of carboxylic acid groups (broad SMARTS) is 1. The maximum Gasteiger partial charge on any atom is 0.358 e. The van der Waals surface area contributed by atoms with Crippen molar-refractivity contribution in [3.8, 4) is 17.0 Å². The summed E-state index contributed by atoms with van der Waals surface area (Å²) in [5.41, 5.74) is 1.02. The van der Waals surface area contributed by atoms with Crippen molar-refractivity contribution < 1.29 is 19.4 Å². The Labute approximate surface area is 122 Å². The Bertz CT molecular complexity index is 639. The maximum atomic E-state index is 11.4. The first-order valence-corrected chi connectivity index (χ1v) is 6.40. The van der Waals surface area contributed by atoms with Gasteiger partial charge in [-0.3, -0.25) is 0 Å². The lowest BCUT2D eigenvalue weighted by Crippen LogP contribution is -2.14. The number of carboxylic acids is 1. The number of methoxy groups -OCH3 is 2. The van der Waals surface area contributed by atoms with Gasteiger partial charge in [0.25, 0.3) is 0 Å². The number of aromatic carboxylic acids is 1. The molecular weight excluding hydrogens is 274 g/mol. The number of aromatic nitrogens is 3. The lowest BCUT2D eigenvalue weighted by atomic mass is 10.1. The van der Waals surface area contributed by atoms with Crippen LogP contribution in [0.4, 0.5) is 0 Å². The Morgan fingerprint density at radius 1 is 1.43 bits per heavy atom. The van der Waals surface area contributed by atoms with Crippen LogP contribution < -0.4 is 4.74 Å². The summed E-state index contributed by atoms with van der Waals surface area (Å²) in [6.45, 7) is 2.28. The van der Waals surface area contributed by atoms with Gasteiger partial charge in [-0.1, -0.05) is 17.3 Å². The van der Waals surface area contributed by atoms with Crippen molar-refractivity contribution in [2.75, 3.05) is 20.8 Å². The first-order chi connectivity index (χ1) is 10.1. The molecule has 0 aliphatic rings. The van der Waals surface area contributed by atoms with Crippen LogP contribution in [0.25, 0.3) is 11.3 Å². The van der Waals surface area contributed by atoms with Crippen molar-refractivity contribution in [3.63, 3.8) is 0 Å². The fourth-order valence-corrected chi connectivity index (χ4v) is 2.10. The van der Waals surface area contributed by atoms with Gasteiger partial charge in [-0.05, 0) is 19.1 Å². The molecule has 0 aliphatic carbocycles. The quantitative estimate of drug-likeness (QED) is 0.874. The summed E-state index contributed by atoms with van der Waals surface area (Å²) in [6, 6.07) is 6.98. The predicted molar refractivity (Wildman–Crippen MR) is 75.6 cm³/mol. The zero-order valence-electron chi connectivity index (χ0n) is 12.1. The molecule has 21 heavy (non-hydrogen) atoms. The molecule has 2 aromatic rings. The molecule has 7 nitrogen and oxygen atoms in total. The van der Waals surface area contributed by atoms with Gasteiger partial charge in [-0.25, -0.2) is 9.48 Å². The molecule has 112 valence electrons. The molecule has 0 bridgehead atoms. The minimum absolute atomic E-state index is 0.0915. The summed E-state index contributed by atoms with van der Waals surface area (Å²) in [5.74, 6) is -0.486. The molecule has 0 amide bonds. The molecular formula is C14H17N3O4. The van der Waals surface area contributed by atoms with E-state index < -0.39 is 5.97 Å². The first kappa shape index (κ1) is 15.0. The Morgan fingerprint density at radius 3 is 2.81 bits per heavy atom. The summed E-state index contributed by atoms with van der Waals surface area (Å²) in [7, 11) is 3.14. The molecule has 1 heterocycles. The van der Waals surface area contributed by atoms with Gasteiger partial charge < -0.3 is 14.6 Å². The van der Waals surface area contributed by atoms with Crippen LogP contribution in [0.15, 0.2) is 24.3 Å². The Balaban J connectivity index is 2.57. The van der Waals surface area contributed by atoms with Crippen molar-refractivity contribution in [1.82, 2.24) is 15.0 Å². The standard InChI is InChI=1S/C14H17N3O4/c1-9(8-20-2)17-13(12(14(18)19)15-16-17)10-5-4-6-11(7-10)21-3/h4-7,9H,8H2,1-3H3,(H,18,19). The van der Waals surface area contributed by atoms with Gasteiger partial charge in [0.1, 0.15) is 11.4 Å². The zero-order chi connectivity index (χ0) is 15.4. The minimum Gasteiger partial charge on any atom is -0.497 e. The van der Waals surface area contributed by atoms with E-state index in [1.807, 2.05) is 6.92 Å². The average molecular weight is 291 g/mol. The number of hydrogen-bond donors (Lipinski definition) is 1. The number of rotatable bonds is 6. The van der Waals surface area contributed by atoms with E-state index in [4.69, 9.17) is 9.47 Å². The Morgan fingerprint density at radius 2 is 2.19 bits per heavy atom. The molecule has 1 atom stereocenters. The van der Waals surface area contributed by atoms with E-state index >= 15 is 0 Å². The van der Waals surface area contributed by atoms with Crippen molar-refractivity contribution in [2.45, 2.75) is 13.0 Å². The third kappa shape index (κ3) is 3.03. The highest BCUT2D eigenvalue weighted by molar-refractivity contribution is 5.92. The molecule has 0 saturated carbocycles. The van der Waals surface area contributed by atoms with Crippen molar-refractivity contribution in [3.05, 3.63) is 30.0 Å². The number of hydrogen-bond acceptors (Lipinski definition) is 5. The monoisotopic (exact) mass is 291 g/mol. The number of carbonyl (C=O) groups is 1. The number of nitrogens with zero attached hydrogens (tertiary/aromatic N) is 3. The second-order valence-electron chi connectivity index (χ2n) is 4.57. The SMILES string of the molecule is COCC(C)n1nnc(C(=O)O)c1-c1cccc(OC)c1. The molecule has 1 aromatic heterocycles. The van der Waals surface area contributed by atoms with E-state index in [1.165, 1.54) is 0 Å². The van der Waals surface area contributed by atoms with Crippen LogP contribution in [0.1, 0.15) is 23.5 Å². The van der Waals surface area contributed by atoms with E-state index in [2.05, 4.69) is 10.3 Å². The molecule has 2 rings (SSSR count). The average Bonchev–Trinajstić information content (AvgIpc) is 2.92. The van der Waals surface area contributed by atoms with Crippen molar-refractivity contribution in [2.24, 2.45) is 0 Å². The highest BCUT2D eigenvalue weighted by Gasteiger charge is 2.23. The Hall–Kier alpha value is -2.41. The summed E-state index contributed by atoms with van der Waals surface area (Å²) in [6.07, 6.45) is 0. The molecule has 1 N–H and O–H groups in total. The highest BCUT2D eigenvalue weighted by atomic mass is 16.5. The van der Waals surface area contributed by atoms with Crippen molar-refractivity contribution >= 4 is 5.97 Å². The van der Waals surface area contributed by atoms with E-state index in [0.29, 0.717) is 23.6 Å². The molecule has 0 fully saturated rings. The van der Waals surface area contributed by atoms with Crippen LogP contribution in [0, 0.1) is 0 Å². The third-order valence-electron chi connectivity index (χ3n) is 3.07. The number of benzene rings is 1. The molecule has 1 aromatic carbocycles. The normalized spacial score (nSPS) is 12.1. The predicted octanol–water partition coefficient (Wildman–Crippen LogP) is 1.86. The van der Waals surface area contributed by atoms with Crippen molar-refractivity contribution in [1.29, 1.82) is 0 Å².